The van der Waals surface area contributed by atoms with Gasteiger partial charge in [0.15, 0.2) is 5.75 Å². The van der Waals surface area contributed by atoms with E-state index in [1.54, 1.807) is 35.9 Å². The van der Waals surface area contributed by atoms with Crippen molar-refractivity contribution in [2.75, 3.05) is 33.4 Å². The van der Waals surface area contributed by atoms with Crippen molar-refractivity contribution in [1.82, 2.24) is 19.4 Å². The number of pyridine rings is 1. The highest BCUT2D eigenvalue weighted by Gasteiger charge is 2.25. The van der Waals surface area contributed by atoms with Gasteiger partial charge < -0.3 is 23.5 Å². The van der Waals surface area contributed by atoms with Crippen molar-refractivity contribution in [1.29, 1.82) is 0 Å². The predicted octanol–water partition coefficient (Wildman–Crippen LogP) is 5.57. The largest absolute Gasteiger partial charge is 0.473 e. The number of aryl methyl sites for hydroxylation is 1. The molecule has 0 atom stereocenters. The van der Waals surface area contributed by atoms with Crippen LogP contribution in [0.25, 0.3) is 11.0 Å². The van der Waals surface area contributed by atoms with E-state index in [0.29, 0.717) is 42.5 Å². The van der Waals surface area contributed by atoms with Gasteiger partial charge in [-0.05, 0) is 55.8 Å². The molecule has 6 rings (SSSR count). The molecule has 2 aliphatic heterocycles. The maximum atomic E-state index is 14.6. The molecule has 0 amide bonds. The van der Waals surface area contributed by atoms with E-state index in [1.807, 2.05) is 18.2 Å². The maximum absolute atomic E-state index is 14.6. The van der Waals surface area contributed by atoms with Crippen LogP contribution in [0.15, 0.2) is 48.5 Å². The topological polar surface area (TPSA) is 87.9 Å². The number of nitrogens with zero attached hydrogens (tertiary/aromatic N) is 4. The van der Waals surface area contributed by atoms with Crippen molar-refractivity contribution in [2.24, 2.45) is 7.05 Å². The first-order valence-electron chi connectivity index (χ1n) is 14.5. The number of carbonyl (C=O) groups excluding carboxylic acids is 1. The molecule has 0 spiro atoms. The second kappa shape index (κ2) is 12.8. The maximum Gasteiger partial charge on any atom is 0.387 e. The van der Waals surface area contributed by atoms with E-state index in [0.717, 1.165) is 37.2 Å². The zero-order valence-corrected chi connectivity index (χ0v) is 24.5. The number of carbonyl (C=O) groups is 1. The molecule has 9 nitrogen and oxygen atoms in total. The Hall–Kier alpha value is -4.16. The fourth-order valence-electron chi connectivity index (χ4n) is 5.71. The third kappa shape index (κ3) is 6.36. The first kappa shape index (κ1) is 29.9. The highest BCUT2D eigenvalue weighted by Crippen LogP contribution is 2.32. The standard InChI is InChI=1S/C32H33F3N4O5/c1-38-26-13-22(31(40)41-2)14-27(44-32(34)35)30(26)37-28(38)15-39-10-8-19(9-11-39)25-4-3-5-29(36-25)43-18-21-7-6-20(12-24(21)33)23-16-42-17-23/h3-7,12-14,19,23,32H,8-11,15-18H2,1-2H3. The molecule has 0 bridgehead atoms. The Balaban J connectivity index is 1.08. The second-order valence-electron chi connectivity index (χ2n) is 11.1. The predicted molar refractivity (Wildman–Crippen MR) is 154 cm³/mol. The summed E-state index contributed by atoms with van der Waals surface area (Å²) in [6.45, 7) is 0.331. The zero-order chi connectivity index (χ0) is 30.8. The number of fused-ring (bicyclic) bond motifs is 1. The van der Waals surface area contributed by atoms with Crippen molar-refractivity contribution in [2.45, 2.75) is 44.4 Å². The number of likely N-dealkylation sites (tertiary alicyclic amines) is 1. The van der Waals surface area contributed by atoms with Crippen molar-refractivity contribution in [3.63, 3.8) is 0 Å². The smallest absolute Gasteiger partial charge is 0.387 e. The minimum Gasteiger partial charge on any atom is -0.473 e. The average Bonchev–Trinajstić information content (AvgIpc) is 3.30. The number of hydrogen-bond acceptors (Lipinski definition) is 8. The normalized spacial score (nSPS) is 16.3. The lowest BCUT2D eigenvalue weighted by Crippen LogP contribution is -2.33. The lowest BCUT2D eigenvalue weighted by molar-refractivity contribution is -0.0490. The van der Waals surface area contributed by atoms with Crippen LogP contribution < -0.4 is 9.47 Å². The first-order valence-corrected chi connectivity index (χ1v) is 14.5. The van der Waals surface area contributed by atoms with Gasteiger partial charge in [-0.2, -0.15) is 8.78 Å². The molecule has 2 saturated heterocycles. The number of piperidine rings is 1. The summed E-state index contributed by atoms with van der Waals surface area (Å²) in [6.07, 6.45) is 1.71. The van der Waals surface area contributed by atoms with E-state index >= 15 is 0 Å². The third-order valence-electron chi connectivity index (χ3n) is 8.36. The van der Waals surface area contributed by atoms with Gasteiger partial charge in [-0.3, -0.25) is 4.90 Å². The number of halogens is 3. The molecular formula is C32H33F3N4O5. The number of benzene rings is 2. The van der Waals surface area contributed by atoms with Crippen molar-refractivity contribution in [3.8, 4) is 11.6 Å². The highest BCUT2D eigenvalue weighted by molar-refractivity contribution is 5.96. The van der Waals surface area contributed by atoms with Gasteiger partial charge in [0.1, 0.15) is 23.8 Å². The van der Waals surface area contributed by atoms with Gasteiger partial charge in [-0.25, -0.2) is 19.2 Å². The SMILES string of the molecule is COC(=O)c1cc(OC(F)F)c2nc(CN3CCC(c4cccc(OCc5ccc(C6COC6)cc5F)n4)CC3)n(C)c2c1. The van der Waals surface area contributed by atoms with Gasteiger partial charge in [-0.1, -0.05) is 18.2 Å². The summed E-state index contributed by atoms with van der Waals surface area (Å²) in [5.74, 6) is 0.483. The van der Waals surface area contributed by atoms with Gasteiger partial charge in [0.2, 0.25) is 5.88 Å². The quantitative estimate of drug-likeness (QED) is 0.216. The summed E-state index contributed by atoms with van der Waals surface area (Å²) < 4.78 is 63.2. The van der Waals surface area contributed by atoms with E-state index in [4.69, 9.17) is 23.9 Å². The van der Waals surface area contributed by atoms with Crippen LogP contribution in [0.3, 0.4) is 0 Å². The molecule has 4 aromatic rings. The van der Waals surface area contributed by atoms with Gasteiger partial charge in [0.25, 0.3) is 0 Å². The molecule has 0 radical (unpaired) electrons. The molecule has 2 aromatic carbocycles. The van der Waals surface area contributed by atoms with Crippen LogP contribution in [0.5, 0.6) is 11.6 Å². The van der Waals surface area contributed by atoms with Crippen LogP contribution in [0.2, 0.25) is 0 Å². The number of ether oxygens (including phenoxy) is 4. The molecule has 0 saturated carbocycles. The molecule has 232 valence electrons. The number of alkyl halides is 2. The minimum atomic E-state index is -3.06. The van der Waals surface area contributed by atoms with Gasteiger partial charge in [0, 0.05) is 36.2 Å². The minimum absolute atomic E-state index is 0.0887. The van der Waals surface area contributed by atoms with Crippen molar-refractivity contribution < 1.29 is 36.9 Å². The summed E-state index contributed by atoms with van der Waals surface area (Å²) in [4.78, 5) is 23.7. The van der Waals surface area contributed by atoms with E-state index in [-0.39, 0.29) is 41.1 Å². The molecule has 0 aliphatic carbocycles. The lowest BCUT2D eigenvalue weighted by Gasteiger charge is -2.31. The van der Waals surface area contributed by atoms with Crippen LogP contribution in [-0.4, -0.2) is 65.4 Å². The van der Waals surface area contributed by atoms with E-state index in [9.17, 15) is 18.0 Å². The van der Waals surface area contributed by atoms with Crippen LogP contribution in [0, 0.1) is 5.82 Å². The molecule has 4 heterocycles. The molecule has 2 aliphatic rings. The van der Waals surface area contributed by atoms with Crippen molar-refractivity contribution >= 4 is 17.0 Å². The number of aromatic nitrogens is 3. The van der Waals surface area contributed by atoms with Gasteiger partial charge in [0.05, 0.1) is 37.9 Å². The van der Waals surface area contributed by atoms with E-state index < -0.39 is 12.6 Å². The number of methoxy groups -OCH3 is 1. The number of hydrogen-bond donors (Lipinski definition) is 0. The Morgan fingerprint density at radius 2 is 1.86 bits per heavy atom. The highest BCUT2D eigenvalue weighted by atomic mass is 19.3. The number of imidazole rings is 1. The molecule has 2 fully saturated rings. The summed E-state index contributed by atoms with van der Waals surface area (Å²) in [5, 5.41) is 0. The Morgan fingerprint density at radius 3 is 2.55 bits per heavy atom. The Morgan fingerprint density at radius 1 is 1.07 bits per heavy atom. The molecule has 2 aromatic heterocycles. The fourth-order valence-corrected chi connectivity index (χ4v) is 5.71. The Bertz CT molecular complexity index is 1650. The summed E-state index contributed by atoms with van der Waals surface area (Å²) in [6, 6.07) is 13.7. The molecule has 0 N–H and O–H groups in total. The van der Waals surface area contributed by atoms with Gasteiger partial charge in [-0.15, -0.1) is 0 Å². The zero-order valence-electron chi connectivity index (χ0n) is 24.5. The average molecular weight is 611 g/mol. The van der Waals surface area contributed by atoms with Gasteiger partial charge >= 0.3 is 12.6 Å². The van der Waals surface area contributed by atoms with Crippen LogP contribution >= 0.6 is 0 Å². The van der Waals surface area contributed by atoms with Crippen LogP contribution in [0.4, 0.5) is 13.2 Å². The summed E-state index contributed by atoms with van der Waals surface area (Å²) in [7, 11) is 3.01. The number of rotatable bonds is 10. The molecule has 44 heavy (non-hydrogen) atoms. The third-order valence-corrected chi connectivity index (χ3v) is 8.36. The molecular weight excluding hydrogens is 577 g/mol. The Kier molecular flexibility index (Phi) is 8.72. The van der Waals surface area contributed by atoms with E-state index in [1.165, 1.54) is 13.2 Å². The monoisotopic (exact) mass is 610 g/mol. The van der Waals surface area contributed by atoms with Crippen molar-refractivity contribution in [3.05, 3.63) is 82.6 Å². The van der Waals surface area contributed by atoms with Crippen LogP contribution in [0.1, 0.15) is 57.7 Å². The summed E-state index contributed by atoms with van der Waals surface area (Å²) in [5.41, 5.74) is 3.21. The fraction of sp³-hybridized carbons (Fsp3) is 0.406. The Labute approximate surface area is 252 Å². The first-order chi connectivity index (χ1) is 21.3. The number of esters is 1. The molecule has 0 unspecified atom stereocenters. The second-order valence-corrected chi connectivity index (χ2v) is 11.1. The van der Waals surface area contributed by atoms with Crippen LogP contribution in [-0.2, 0) is 29.7 Å². The summed E-state index contributed by atoms with van der Waals surface area (Å²) >= 11 is 0. The molecule has 12 heteroatoms. The lowest BCUT2D eigenvalue weighted by atomic mass is 9.93. The van der Waals surface area contributed by atoms with E-state index in [2.05, 4.69) is 9.88 Å².